The number of hydrogen-bond donors (Lipinski definition) is 1. The molecule has 0 saturated carbocycles. The largest absolute Gasteiger partial charge is 0.453 e. The summed E-state index contributed by atoms with van der Waals surface area (Å²) in [5.41, 5.74) is 0.921. The fourth-order valence-corrected chi connectivity index (χ4v) is 3.03. The number of halogens is 4. The van der Waals surface area contributed by atoms with Gasteiger partial charge in [-0.05, 0) is 29.8 Å². The summed E-state index contributed by atoms with van der Waals surface area (Å²) in [5.74, 6) is -2.02. The summed E-state index contributed by atoms with van der Waals surface area (Å²) in [4.78, 5) is 16.2. The first kappa shape index (κ1) is 16.8. The van der Waals surface area contributed by atoms with Crippen LogP contribution in [0.1, 0.15) is 10.4 Å². The molecule has 1 N–H and O–H groups in total. The van der Waals surface area contributed by atoms with Crippen LogP contribution in [0.2, 0.25) is 10.0 Å². The van der Waals surface area contributed by atoms with E-state index in [9.17, 15) is 13.6 Å². The Morgan fingerprint density at radius 2 is 1.88 bits per heavy atom. The molecule has 0 atom stereocenters. The molecular weight excluding hydrogens is 385 g/mol. The van der Waals surface area contributed by atoms with Crippen molar-refractivity contribution in [2.75, 3.05) is 5.32 Å². The van der Waals surface area contributed by atoms with E-state index in [0.717, 1.165) is 12.1 Å². The number of carbonyl (C=O) groups excluding carboxylic acids is 1. The molecule has 3 heterocycles. The number of anilines is 1. The lowest BCUT2D eigenvalue weighted by Gasteiger charge is -2.09. The van der Waals surface area contributed by atoms with E-state index in [1.54, 1.807) is 6.07 Å². The first-order chi connectivity index (χ1) is 12.4. The van der Waals surface area contributed by atoms with Crippen LogP contribution in [-0.4, -0.2) is 10.9 Å². The van der Waals surface area contributed by atoms with E-state index in [0.29, 0.717) is 21.8 Å². The van der Waals surface area contributed by atoms with E-state index in [1.165, 1.54) is 24.4 Å². The van der Waals surface area contributed by atoms with Crippen molar-refractivity contribution in [3.63, 3.8) is 0 Å². The van der Waals surface area contributed by atoms with E-state index in [1.807, 2.05) is 0 Å². The zero-order valence-electron chi connectivity index (χ0n) is 12.8. The maximum atomic E-state index is 14.0. The highest BCUT2D eigenvalue weighted by Crippen LogP contribution is 2.39. The lowest BCUT2D eigenvalue weighted by atomic mass is 9.99. The number of aromatic nitrogens is 1. The minimum absolute atomic E-state index is 0.0309. The van der Waals surface area contributed by atoms with Gasteiger partial charge < -0.3 is 9.73 Å². The molecular formula is C18H8Cl2F2N2O2. The molecule has 0 radical (unpaired) electrons. The second kappa shape index (κ2) is 6.23. The normalized spacial score (nSPS) is 11.2. The third-order valence-electron chi connectivity index (χ3n) is 3.83. The van der Waals surface area contributed by atoms with Crippen molar-refractivity contribution in [1.29, 1.82) is 0 Å². The molecule has 0 unspecified atom stereocenters. The monoisotopic (exact) mass is 392 g/mol. The second-order valence-corrected chi connectivity index (χ2v) is 6.30. The van der Waals surface area contributed by atoms with E-state index < -0.39 is 17.7 Å². The Kier molecular flexibility index (Phi) is 4.01. The molecule has 2 bridgehead atoms. The molecule has 4 aromatic rings. The zero-order valence-corrected chi connectivity index (χ0v) is 14.3. The summed E-state index contributed by atoms with van der Waals surface area (Å²) in [6.45, 7) is 0. The van der Waals surface area contributed by atoms with Crippen molar-refractivity contribution in [2.45, 2.75) is 0 Å². The molecule has 8 heteroatoms. The van der Waals surface area contributed by atoms with E-state index in [4.69, 9.17) is 27.6 Å². The van der Waals surface area contributed by atoms with Crippen molar-refractivity contribution < 1.29 is 18.0 Å². The first-order valence-corrected chi connectivity index (χ1v) is 8.12. The standard InChI is InChI=1S/C18H8Cl2F2N2O2/c19-10-2-1-9(6-11(10)20)24-18(25)16-15(8-3-4-23-14(22)5-8)13-7-12(21)17(16)26-13/h1-7H,(H,24,25). The average molecular weight is 393 g/mol. The number of hydrogen-bond acceptors (Lipinski definition) is 3. The highest BCUT2D eigenvalue weighted by atomic mass is 35.5. The van der Waals surface area contributed by atoms with Gasteiger partial charge in [-0.25, -0.2) is 9.37 Å². The van der Waals surface area contributed by atoms with Crippen LogP contribution in [0.5, 0.6) is 0 Å². The van der Waals surface area contributed by atoms with E-state index in [-0.39, 0.29) is 21.8 Å². The third kappa shape index (κ3) is 2.77. The molecule has 1 amide bonds. The molecule has 0 spiro atoms. The van der Waals surface area contributed by atoms with E-state index >= 15 is 0 Å². The lowest BCUT2D eigenvalue weighted by Crippen LogP contribution is -2.13. The van der Waals surface area contributed by atoms with Gasteiger partial charge in [0.2, 0.25) is 5.95 Å². The van der Waals surface area contributed by atoms with Gasteiger partial charge in [-0.2, -0.15) is 4.39 Å². The van der Waals surface area contributed by atoms with Gasteiger partial charge in [0, 0.05) is 29.6 Å². The van der Waals surface area contributed by atoms with Gasteiger partial charge >= 0.3 is 0 Å². The molecule has 0 aliphatic carbocycles. The Bertz CT molecular complexity index is 1140. The Morgan fingerprint density at radius 1 is 1.08 bits per heavy atom. The summed E-state index contributed by atoms with van der Waals surface area (Å²) in [6, 6.07) is 8.34. The molecule has 0 fully saturated rings. The predicted octanol–water partition coefficient (Wildman–Crippen LogP) is 5.77. The number of fused-ring (bicyclic) bond motifs is 2. The Morgan fingerprint density at radius 3 is 2.62 bits per heavy atom. The lowest BCUT2D eigenvalue weighted by molar-refractivity contribution is 0.102. The molecule has 0 aliphatic heterocycles. The highest BCUT2D eigenvalue weighted by Gasteiger charge is 2.28. The molecule has 4 rings (SSSR count). The summed E-state index contributed by atoms with van der Waals surface area (Å²) in [7, 11) is 0. The smallest absolute Gasteiger partial charge is 0.260 e. The molecule has 130 valence electrons. The van der Waals surface area contributed by atoms with Gasteiger partial charge in [-0.15, -0.1) is 0 Å². The fraction of sp³-hybridized carbons (Fsp3) is 0. The third-order valence-corrected chi connectivity index (χ3v) is 4.57. The molecule has 3 aromatic heterocycles. The van der Waals surface area contributed by atoms with Gasteiger partial charge in [-0.3, -0.25) is 4.79 Å². The van der Waals surface area contributed by atoms with Crippen LogP contribution in [0, 0.1) is 11.8 Å². The van der Waals surface area contributed by atoms with Crippen LogP contribution < -0.4 is 5.32 Å². The summed E-state index contributed by atoms with van der Waals surface area (Å²) in [6.07, 6.45) is 1.25. The molecule has 0 aliphatic rings. The molecule has 26 heavy (non-hydrogen) atoms. The SMILES string of the molecule is O=C(Nc1ccc(Cl)c(Cl)c1)c1c(-c2ccnc(F)c2)c2cc(F)c1o2. The van der Waals surface area contributed by atoms with Crippen LogP contribution in [0.4, 0.5) is 14.5 Å². The van der Waals surface area contributed by atoms with Crippen LogP contribution in [0.3, 0.4) is 0 Å². The fourth-order valence-electron chi connectivity index (χ4n) is 2.73. The van der Waals surface area contributed by atoms with Gasteiger partial charge in [0.25, 0.3) is 5.91 Å². The van der Waals surface area contributed by atoms with Gasteiger partial charge in [0.15, 0.2) is 11.4 Å². The van der Waals surface area contributed by atoms with Crippen LogP contribution >= 0.6 is 23.2 Å². The van der Waals surface area contributed by atoms with Crippen LogP contribution in [-0.2, 0) is 0 Å². The minimum Gasteiger partial charge on any atom is -0.453 e. The Hall–Kier alpha value is -2.70. The number of amides is 1. The maximum Gasteiger partial charge on any atom is 0.260 e. The number of benzene rings is 2. The van der Waals surface area contributed by atoms with Crippen molar-refractivity contribution in [1.82, 2.24) is 4.98 Å². The number of rotatable bonds is 3. The summed E-state index contributed by atoms with van der Waals surface area (Å²) < 4.78 is 32.8. The molecule has 4 nitrogen and oxygen atoms in total. The van der Waals surface area contributed by atoms with Gasteiger partial charge in [0.1, 0.15) is 5.58 Å². The maximum absolute atomic E-state index is 14.0. The Labute approximate surface area is 155 Å². The van der Waals surface area contributed by atoms with Crippen molar-refractivity contribution in [2.24, 2.45) is 0 Å². The number of furan rings is 2. The number of nitrogens with zero attached hydrogens (tertiary/aromatic N) is 1. The van der Waals surface area contributed by atoms with Gasteiger partial charge in [-0.1, -0.05) is 23.2 Å². The van der Waals surface area contributed by atoms with Gasteiger partial charge in [0.05, 0.1) is 15.6 Å². The van der Waals surface area contributed by atoms with Crippen LogP contribution in [0.25, 0.3) is 22.3 Å². The van der Waals surface area contributed by atoms with Crippen molar-refractivity contribution in [3.8, 4) is 11.1 Å². The summed E-state index contributed by atoms with van der Waals surface area (Å²) >= 11 is 11.8. The average Bonchev–Trinajstić information content (AvgIpc) is 3.15. The number of pyridine rings is 1. The highest BCUT2D eigenvalue weighted by molar-refractivity contribution is 6.42. The number of nitrogens with one attached hydrogen (secondary N) is 1. The summed E-state index contributed by atoms with van der Waals surface area (Å²) in [5, 5.41) is 3.20. The van der Waals surface area contributed by atoms with Crippen molar-refractivity contribution >= 4 is 46.0 Å². The van der Waals surface area contributed by atoms with Crippen LogP contribution in [0.15, 0.2) is 47.0 Å². The number of carbonyl (C=O) groups is 1. The topological polar surface area (TPSA) is 55.1 Å². The molecule has 1 aromatic carbocycles. The predicted molar refractivity (Wildman–Crippen MR) is 95.0 cm³/mol. The Balaban J connectivity index is 1.79. The second-order valence-electron chi connectivity index (χ2n) is 5.49. The van der Waals surface area contributed by atoms with E-state index in [2.05, 4.69) is 10.3 Å². The quantitative estimate of drug-likeness (QED) is 0.450. The molecule has 0 saturated heterocycles. The van der Waals surface area contributed by atoms with Crippen molar-refractivity contribution in [3.05, 3.63) is 70.0 Å². The zero-order chi connectivity index (χ0) is 18.4. The first-order valence-electron chi connectivity index (χ1n) is 7.36. The minimum atomic E-state index is -0.725.